The van der Waals surface area contributed by atoms with Crippen LogP contribution in [0.2, 0.25) is 0 Å². The minimum absolute atomic E-state index is 0.106. The number of para-hydroxylation sites is 1. The zero-order valence-electron chi connectivity index (χ0n) is 39.4. The molecule has 2 atom stereocenters. The van der Waals surface area contributed by atoms with Gasteiger partial charge in [0.15, 0.2) is 0 Å². The largest absolute Gasteiger partial charge is 0.342 e. The Labute approximate surface area is 402 Å². The first-order chi connectivity index (χ1) is 33.4. The van der Waals surface area contributed by atoms with Crippen molar-refractivity contribution in [3.8, 4) is 22.3 Å². The van der Waals surface area contributed by atoms with E-state index in [9.17, 15) is 0 Å². The lowest BCUT2D eigenvalue weighted by Crippen LogP contribution is -2.30. The fourth-order valence-electron chi connectivity index (χ4n) is 13.7. The third kappa shape index (κ3) is 5.70. The van der Waals surface area contributed by atoms with Gasteiger partial charge in [0.05, 0.1) is 11.1 Å². The predicted molar refractivity (Wildman–Crippen MR) is 286 cm³/mol. The molecular weight excluding hydrogens is 821 g/mol. The Balaban J connectivity index is 0.856. The van der Waals surface area contributed by atoms with E-state index in [1.807, 2.05) is 0 Å². The summed E-state index contributed by atoms with van der Waals surface area (Å²) in [4.78, 5) is 5.16. The van der Waals surface area contributed by atoms with Crippen LogP contribution in [-0.2, 0) is 10.8 Å². The molecule has 0 saturated carbocycles. The van der Waals surface area contributed by atoms with Crippen molar-refractivity contribution in [3.63, 3.8) is 0 Å². The lowest BCUT2D eigenvalue weighted by Gasteiger charge is -2.36. The summed E-state index contributed by atoms with van der Waals surface area (Å²) in [7, 11) is 0. The van der Waals surface area contributed by atoms with Crippen molar-refractivity contribution >= 4 is 40.9 Å². The highest BCUT2D eigenvalue weighted by molar-refractivity contribution is 5.98. The first-order valence-electron chi connectivity index (χ1n) is 25.3. The Kier molecular flexibility index (Phi) is 8.77. The molecule has 0 saturated heterocycles. The van der Waals surface area contributed by atoms with Crippen molar-refractivity contribution in [2.45, 2.75) is 76.5 Å². The van der Waals surface area contributed by atoms with Gasteiger partial charge in [-0.1, -0.05) is 160 Å². The van der Waals surface area contributed by atoms with Gasteiger partial charge in [0.1, 0.15) is 0 Å². The summed E-state index contributed by atoms with van der Waals surface area (Å²) in [6.45, 7) is 8.28. The van der Waals surface area contributed by atoms with E-state index in [1.165, 1.54) is 137 Å². The summed E-state index contributed by atoms with van der Waals surface area (Å²) in [6, 6.07) is 47.3. The summed E-state index contributed by atoms with van der Waals surface area (Å²) in [5.74, 6) is 0.633. The molecule has 14 rings (SSSR count). The molecule has 0 bridgehead atoms. The van der Waals surface area contributed by atoms with E-state index in [0.29, 0.717) is 5.92 Å². The van der Waals surface area contributed by atoms with E-state index in [-0.39, 0.29) is 5.41 Å². The van der Waals surface area contributed by atoms with Gasteiger partial charge in [0, 0.05) is 34.7 Å². The van der Waals surface area contributed by atoms with Gasteiger partial charge >= 0.3 is 0 Å². The highest BCUT2D eigenvalue weighted by atomic mass is 15.2. The van der Waals surface area contributed by atoms with Crippen molar-refractivity contribution in [1.82, 2.24) is 0 Å². The van der Waals surface area contributed by atoms with Crippen LogP contribution < -0.4 is 9.80 Å². The van der Waals surface area contributed by atoms with Crippen LogP contribution in [0.25, 0.3) is 46.1 Å². The van der Waals surface area contributed by atoms with Gasteiger partial charge in [-0.15, -0.1) is 0 Å². The summed E-state index contributed by atoms with van der Waals surface area (Å²) < 4.78 is 0. The fraction of sp³-hybridized carbons (Fsp3) is 0.212. The zero-order valence-corrected chi connectivity index (χ0v) is 39.4. The monoisotopic (exact) mass is 876 g/mol. The Morgan fingerprint density at radius 2 is 1.25 bits per heavy atom. The van der Waals surface area contributed by atoms with Crippen LogP contribution in [0, 0.1) is 5.92 Å². The number of allylic oxidation sites excluding steroid dienone is 12. The zero-order chi connectivity index (χ0) is 45.3. The molecule has 6 aliphatic carbocycles. The number of anilines is 3. The maximum atomic E-state index is 2.59. The van der Waals surface area contributed by atoms with Crippen LogP contribution in [0.5, 0.6) is 0 Å². The SMILES string of the molecule is CC1C=CC2=C(CCCN2c2ccc3c(c2)C(C)(C)c2cc(/C=C/c4ccc5c(c4)C4(C6=C(CCC=C6)c6ccccc64)c4cc(N6C7=C(C=CCC7)C=Cc7ccccc76)ccc4-5)ccc2-3)C1. The smallest absolute Gasteiger partial charge is 0.0723 e. The van der Waals surface area contributed by atoms with E-state index >= 15 is 0 Å². The summed E-state index contributed by atoms with van der Waals surface area (Å²) in [6.07, 6.45) is 31.5. The highest BCUT2D eigenvalue weighted by Gasteiger charge is 2.53. The average molecular weight is 877 g/mol. The lowest BCUT2D eigenvalue weighted by atomic mass is 9.68. The maximum Gasteiger partial charge on any atom is 0.0723 e. The average Bonchev–Trinajstić information content (AvgIpc) is 3.86. The van der Waals surface area contributed by atoms with Gasteiger partial charge in [-0.3, -0.25) is 0 Å². The van der Waals surface area contributed by atoms with Crippen LogP contribution >= 0.6 is 0 Å². The normalized spacial score (nSPS) is 22.0. The number of rotatable bonds is 4. The Hall–Kier alpha value is -7.16. The standard InChI is InChI=1S/C66H56N2/c1-42-22-35-62-47(37-42)15-12-36-67(62)48-29-33-53-52-31-25-43(38-58(52)65(2,3)59(53)40-48)23-24-44-26-32-54-55-34-30-49(68-63-20-10-4-13-45(63)27-28-46-14-5-11-21-64(46)68)41-61(55)66(60(54)39-44)56-18-8-6-16-50(56)51-17-7-9-19-57(51)66/h4-6,8-10,13-14,16,18-20,22-35,38-42H,7,11-12,15,17,21,36-37H2,1-3H3/b24-23+. The van der Waals surface area contributed by atoms with Crippen LogP contribution in [0.15, 0.2) is 192 Å². The minimum Gasteiger partial charge on any atom is -0.342 e. The highest BCUT2D eigenvalue weighted by Crippen LogP contribution is 2.64. The first-order valence-corrected chi connectivity index (χ1v) is 25.3. The number of fused-ring (bicyclic) bond motifs is 13. The molecule has 1 spiro atoms. The van der Waals surface area contributed by atoms with Gasteiger partial charge in [-0.05, 0) is 188 Å². The van der Waals surface area contributed by atoms with Crippen LogP contribution in [0.4, 0.5) is 17.1 Å². The lowest BCUT2D eigenvalue weighted by molar-refractivity contribution is 0.619. The first kappa shape index (κ1) is 40.0. The second-order valence-corrected chi connectivity index (χ2v) is 21.0. The molecule has 6 aromatic carbocycles. The quantitative estimate of drug-likeness (QED) is 0.163. The minimum atomic E-state index is -0.416. The molecule has 2 nitrogen and oxygen atoms in total. The number of hydrogen-bond acceptors (Lipinski definition) is 2. The van der Waals surface area contributed by atoms with Crippen molar-refractivity contribution in [2.24, 2.45) is 5.92 Å². The molecule has 0 amide bonds. The van der Waals surface area contributed by atoms with Gasteiger partial charge < -0.3 is 9.80 Å². The predicted octanol–water partition coefficient (Wildman–Crippen LogP) is 16.8. The molecule has 2 aliphatic heterocycles. The Bertz CT molecular complexity index is 3460. The number of hydrogen-bond donors (Lipinski definition) is 0. The molecule has 8 aliphatic rings. The summed E-state index contributed by atoms with van der Waals surface area (Å²) in [5, 5.41) is 0. The van der Waals surface area contributed by atoms with Crippen molar-refractivity contribution in [1.29, 1.82) is 0 Å². The maximum absolute atomic E-state index is 2.59. The molecule has 0 radical (unpaired) electrons. The number of benzene rings is 6. The number of nitrogens with zero attached hydrogens (tertiary/aromatic N) is 2. The molecule has 2 heterocycles. The van der Waals surface area contributed by atoms with Gasteiger partial charge in [0.2, 0.25) is 0 Å². The van der Waals surface area contributed by atoms with Gasteiger partial charge in [-0.25, -0.2) is 0 Å². The van der Waals surface area contributed by atoms with Crippen LogP contribution in [-0.4, -0.2) is 6.54 Å². The fourth-order valence-corrected chi connectivity index (χ4v) is 13.7. The van der Waals surface area contributed by atoms with Crippen molar-refractivity contribution in [2.75, 3.05) is 16.3 Å². The third-order valence-corrected chi connectivity index (χ3v) is 16.8. The van der Waals surface area contributed by atoms with E-state index < -0.39 is 5.41 Å². The van der Waals surface area contributed by atoms with E-state index in [1.54, 1.807) is 5.57 Å². The van der Waals surface area contributed by atoms with E-state index in [0.717, 1.165) is 32.2 Å². The molecular formula is C66H56N2. The topological polar surface area (TPSA) is 6.48 Å². The molecule has 330 valence electrons. The summed E-state index contributed by atoms with van der Waals surface area (Å²) >= 11 is 0. The van der Waals surface area contributed by atoms with Gasteiger partial charge in [0.25, 0.3) is 0 Å². The van der Waals surface area contributed by atoms with E-state index in [2.05, 4.69) is 213 Å². The Morgan fingerprint density at radius 3 is 2.10 bits per heavy atom. The summed E-state index contributed by atoms with van der Waals surface area (Å²) in [5.41, 5.74) is 29.6. The van der Waals surface area contributed by atoms with Gasteiger partial charge in [-0.2, -0.15) is 0 Å². The molecule has 68 heavy (non-hydrogen) atoms. The van der Waals surface area contributed by atoms with Crippen molar-refractivity contribution in [3.05, 3.63) is 242 Å². The molecule has 2 heteroatoms. The molecule has 6 aromatic rings. The molecule has 0 aromatic heterocycles. The van der Waals surface area contributed by atoms with Crippen LogP contribution in [0.3, 0.4) is 0 Å². The second-order valence-electron chi connectivity index (χ2n) is 21.0. The molecule has 0 fully saturated rings. The van der Waals surface area contributed by atoms with Crippen LogP contribution in [0.1, 0.15) is 116 Å². The third-order valence-electron chi connectivity index (χ3n) is 16.8. The Morgan fingerprint density at radius 1 is 0.574 bits per heavy atom. The second kappa shape index (κ2) is 14.9. The van der Waals surface area contributed by atoms with Crippen molar-refractivity contribution < 1.29 is 0 Å². The molecule has 0 N–H and O–H groups in total. The van der Waals surface area contributed by atoms with E-state index in [4.69, 9.17) is 0 Å². The molecule has 2 unspecified atom stereocenters.